The van der Waals surface area contributed by atoms with Crippen molar-refractivity contribution in [3.63, 3.8) is 0 Å². The van der Waals surface area contributed by atoms with Gasteiger partial charge in [-0.1, -0.05) is 18.2 Å². The van der Waals surface area contributed by atoms with Crippen LogP contribution in [0, 0.1) is 32.1 Å². The van der Waals surface area contributed by atoms with Crippen molar-refractivity contribution in [3.8, 4) is 17.6 Å². The fourth-order valence-electron chi connectivity index (χ4n) is 2.22. The summed E-state index contributed by atoms with van der Waals surface area (Å²) in [6.45, 7) is 6.64. The number of methoxy groups -OCH3 is 1. The number of hydrogen-bond donors (Lipinski definition) is 0. The molecule has 0 amide bonds. The Bertz CT molecular complexity index is 699. The molecule has 0 radical (unpaired) electrons. The molecule has 3 nitrogen and oxygen atoms in total. The molecular weight excluding hydrogens is 262 g/mol. The van der Waals surface area contributed by atoms with Gasteiger partial charge in [0, 0.05) is 0 Å². The molecule has 2 aromatic rings. The molecule has 0 fully saturated rings. The van der Waals surface area contributed by atoms with E-state index in [-0.39, 0.29) is 0 Å². The molecule has 2 rings (SSSR count). The molecule has 0 saturated carbocycles. The second-order valence-electron chi connectivity index (χ2n) is 5.09. The molecule has 0 aliphatic carbocycles. The Balaban J connectivity index is 2.21. The molecule has 0 N–H and O–H groups in total. The van der Waals surface area contributed by atoms with Crippen LogP contribution in [-0.4, -0.2) is 7.11 Å². The van der Waals surface area contributed by atoms with Gasteiger partial charge in [-0.15, -0.1) is 0 Å². The lowest BCUT2D eigenvalue weighted by Gasteiger charge is -2.14. The molecule has 0 aromatic heterocycles. The molecule has 0 aliphatic heterocycles. The van der Waals surface area contributed by atoms with E-state index in [0.29, 0.717) is 17.9 Å². The summed E-state index contributed by atoms with van der Waals surface area (Å²) in [7, 11) is 1.57. The number of nitrogens with zero attached hydrogens (tertiary/aromatic N) is 1. The molecule has 21 heavy (non-hydrogen) atoms. The third-order valence-corrected chi connectivity index (χ3v) is 3.64. The highest BCUT2D eigenvalue weighted by atomic mass is 16.5. The monoisotopic (exact) mass is 281 g/mol. The van der Waals surface area contributed by atoms with Crippen LogP contribution in [0.3, 0.4) is 0 Å². The zero-order valence-electron chi connectivity index (χ0n) is 12.9. The van der Waals surface area contributed by atoms with Crippen LogP contribution in [0.2, 0.25) is 0 Å². The van der Waals surface area contributed by atoms with Gasteiger partial charge in [0.15, 0.2) is 0 Å². The maximum atomic E-state index is 8.99. The van der Waals surface area contributed by atoms with E-state index in [9.17, 15) is 0 Å². The SMILES string of the molecule is COc1cc(COc2c(C)ccc(C)c2C)ccc1C#N. The Hall–Kier alpha value is -2.47. The molecule has 0 bridgehead atoms. The smallest absolute Gasteiger partial charge is 0.137 e. The largest absolute Gasteiger partial charge is 0.495 e. The summed E-state index contributed by atoms with van der Waals surface area (Å²) in [6, 6.07) is 11.8. The summed E-state index contributed by atoms with van der Waals surface area (Å²) >= 11 is 0. The zero-order valence-corrected chi connectivity index (χ0v) is 12.9. The van der Waals surface area contributed by atoms with Gasteiger partial charge in [-0.3, -0.25) is 0 Å². The van der Waals surface area contributed by atoms with Crippen LogP contribution in [0.5, 0.6) is 11.5 Å². The zero-order chi connectivity index (χ0) is 15.4. The van der Waals surface area contributed by atoms with Gasteiger partial charge < -0.3 is 9.47 Å². The summed E-state index contributed by atoms with van der Waals surface area (Å²) in [5.74, 6) is 1.51. The van der Waals surface area contributed by atoms with Crippen molar-refractivity contribution >= 4 is 0 Å². The average Bonchev–Trinajstić information content (AvgIpc) is 2.50. The van der Waals surface area contributed by atoms with Crippen LogP contribution in [0.25, 0.3) is 0 Å². The highest BCUT2D eigenvalue weighted by molar-refractivity contribution is 5.46. The molecule has 0 aliphatic rings. The molecule has 2 aromatic carbocycles. The van der Waals surface area contributed by atoms with E-state index in [1.807, 2.05) is 19.1 Å². The first-order valence-corrected chi connectivity index (χ1v) is 6.83. The van der Waals surface area contributed by atoms with Crippen molar-refractivity contribution in [2.75, 3.05) is 7.11 Å². The van der Waals surface area contributed by atoms with E-state index in [2.05, 4.69) is 32.0 Å². The van der Waals surface area contributed by atoms with Crippen molar-refractivity contribution in [2.45, 2.75) is 27.4 Å². The minimum Gasteiger partial charge on any atom is -0.495 e. The van der Waals surface area contributed by atoms with Crippen LogP contribution in [0.1, 0.15) is 27.8 Å². The minimum absolute atomic E-state index is 0.452. The lowest BCUT2D eigenvalue weighted by molar-refractivity contribution is 0.300. The Labute approximate surface area is 125 Å². The van der Waals surface area contributed by atoms with Crippen molar-refractivity contribution in [2.24, 2.45) is 0 Å². The molecule has 0 spiro atoms. The Kier molecular flexibility index (Phi) is 4.49. The topological polar surface area (TPSA) is 42.2 Å². The van der Waals surface area contributed by atoms with Crippen LogP contribution in [-0.2, 0) is 6.61 Å². The Morgan fingerprint density at radius 2 is 1.76 bits per heavy atom. The van der Waals surface area contributed by atoms with Gasteiger partial charge in [0.1, 0.15) is 24.2 Å². The van der Waals surface area contributed by atoms with Crippen LogP contribution < -0.4 is 9.47 Å². The van der Waals surface area contributed by atoms with Gasteiger partial charge in [-0.2, -0.15) is 5.26 Å². The van der Waals surface area contributed by atoms with Crippen LogP contribution in [0.4, 0.5) is 0 Å². The molecule has 3 heteroatoms. The summed E-state index contributed by atoms with van der Waals surface area (Å²) in [4.78, 5) is 0. The van der Waals surface area contributed by atoms with E-state index >= 15 is 0 Å². The molecule has 108 valence electrons. The first kappa shape index (κ1) is 14.9. The van der Waals surface area contributed by atoms with E-state index in [1.165, 1.54) is 5.56 Å². The third-order valence-electron chi connectivity index (χ3n) is 3.64. The van der Waals surface area contributed by atoms with Gasteiger partial charge in [-0.25, -0.2) is 0 Å². The highest BCUT2D eigenvalue weighted by Crippen LogP contribution is 2.27. The maximum Gasteiger partial charge on any atom is 0.137 e. The molecular formula is C18H19NO2. The van der Waals surface area contributed by atoms with E-state index < -0.39 is 0 Å². The number of nitriles is 1. The predicted octanol–water partition coefficient (Wildman–Crippen LogP) is 4.07. The fourth-order valence-corrected chi connectivity index (χ4v) is 2.22. The second-order valence-corrected chi connectivity index (χ2v) is 5.09. The van der Waals surface area contributed by atoms with Crippen molar-refractivity contribution in [1.82, 2.24) is 0 Å². The van der Waals surface area contributed by atoms with E-state index in [1.54, 1.807) is 13.2 Å². The van der Waals surface area contributed by atoms with Gasteiger partial charge in [0.2, 0.25) is 0 Å². The lowest BCUT2D eigenvalue weighted by Crippen LogP contribution is -2.01. The average molecular weight is 281 g/mol. The Morgan fingerprint density at radius 3 is 2.43 bits per heavy atom. The predicted molar refractivity (Wildman–Crippen MR) is 82.7 cm³/mol. The number of aryl methyl sites for hydroxylation is 2. The highest BCUT2D eigenvalue weighted by Gasteiger charge is 2.08. The van der Waals surface area contributed by atoms with Crippen molar-refractivity contribution < 1.29 is 9.47 Å². The number of rotatable bonds is 4. The minimum atomic E-state index is 0.452. The standard InChI is InChI=1S/C18H19NO2/c1-12-5-6-13(2)18(14(12)3)21-11-15-7-8-16(10-19)17(9-15)20-4/h5-9H,11H2,1-4H3. The number of ether oxygens (including phenoxy) is 2. The number of hydrogen-bond acceptors (Lipinski definition) is 3. The molecule has 0 saturated heterocycles. The summed E-state index contributed by atoms with van der Waals surface area (Å²) in [5, 5.41) is 8.99. The summed E-state index contributed by atoms with van der Waals surface area (Å²) < 4.78 is 11.2. The van der Waals surface area contributed by atoms with Crippen LogP contribution >= 0.6 is 0 Å². The van der Waals surface area contributed by atoms with E-state index in [4.69, 9.17) is 14.7 Å². The van der Waals surface area contributed by atoms with Crippen molar-refractivity contribution in [3.05, 3.63) is 58.1 Å². The molecule has 0 heterocycles. The summed E-state index contributed by atoms with van der Waals surface area (Å²) in [5.41, 5.74) is 5.01. The van der Waals surface area contributed by atoms with E-state index in [0.717, 1.165) is 22.4 Å². The third kappa shape index (κ3) is 3.17. The summed E-state index contributed by atoms with van der Waals surface area (Å²) in [6.07, 6.45) is 0. The van der Waals surface area contributed by atoms with Gasteiger partial charge in [-0.05, 0) is 55.2 Å². The van der Waals surface area contributed by atoms with Gasteiger partial charge in [0.25, 0.3) is 0 Å². The molecule has 0 unspecified atom stereocenters. The lowest BCUT2D eigenvalue weighted by atomic mass is 10.1. The Morgan fingerprint density at radius 1 is 1.05 bits per heavy atom. The quantitative estimate of drug-likeness (QED) is 0.848. The number of benzene rings is 2. The van der Waals surface area contributed by atoms with Crippen molar-refractivity contribution in [1.29, 1.82) is 5.26 Å². The first-order chi connectivity index (χ1) is 10.1. The second kappa shape index (κ2) is 6.32. The van der Waals surface area contributed by atoms with Gasteiger partial charge in [0.05, 0.1) is 12.7 Å². The fraction of sp³-hybridized carbons (Fsp3) is 0.278. The normalized spacial score (nSPS) is 10.0. The maximum absolute atomic E-state index is 8.99. The van der Waals surface area contributed by atoms with Gasteiger partial charge >= 0.3 is 0 Å². The van der Waals surface area contributed by atoms with Crippen LogP contribution in [0.15, 0.2) is 30.3 Å². The molecule has 0 atom stereocenters. The first-order valence-electron chi connectivity index (χ1n) is 6.83.